The molecule has 0 amide bonds. The van der Waals surface area contributed by atoms with Crippen LogP contribution in [-0.4, -0.2) is 20.5 Å². The first-order chi connectivity index (χ1) is 11.8. The second-order valence-electron chi connectivity index (χ2n) is 7.25. The minimum absolute atomic E-state index is 0.0968. The van der Waals surface area contributed by atoms with Gasteiger partial charge in [-0.15, -0.1) is 0 Å². The molecule has 2 aliphatic carbocycles. The number of pyridine rings is 1. The minimum atomic E-state index is -4.43. The summed E-state index contributed by atoms with van der Waals surface area (Å²) in [7, 11) is 0. The highest BCUT2D eigenvalue weighted by atomic mass is 19.4. The second kappa shape index (κ2) is 5.41. The van der Waals surface area contributed by atoms with Crippen molar-refractivity contribution in [1.82, 2.24) is 14.8 Å². The fourth-order valence-electron chi connectivity index (χ4n) is 4.00. The summed E-state index contributed by atoms with van der Waals surface area (Å²) in [6, 6.07) is 3.05. The monoisotopic (exact) mass is 349 g/mol. The molecule has 2 aromatic rings. The van der Waals surface area contributed by atoms with E-state index in [1.165, 1.54) is 6.20 Å². The van der Waals surface area contributed by atoms with Gasteiger partial charge in [-0.3, -0.25) is 14.5 Å². The van der Waals surface area contributed by atoms with Gasteiger partial charge >= 0.3 is 6.18 Å². The van der Waals surface area contributed by atoms with E-state index in [1.807, 2.05) is 24.6 Å². The van der Waals surface area contributed by atoms with Crippen LogP contribution in [-0.2, 0) is 11.0 Å². The number of aromatic nitrogens is 3. The molecule has 0 aliphatic heterocycles. The number of rotatable bonds is 3. The number of carbonyl (C=O) groups excluding carboxylic acids is 1. The van der Waals surface area contributed by atoms with Crippen molar-refractivity contribution in [3.8, 4) is 11.3 Å². The van der Waals surface area contributed by atoms with Crippen molar-refractivity contribution in [2.24, 2.45) is 11.8 Å². The molecule has 2 aliphatic rings. The summed E-state index contributed by atoms with van der Waals surface area (Å²) in [6.07, 6.45) is -0.984. The van der Waals surface area contributed by atoms with E-state index in [0.717, 1.165) is 18.0 Å². The smallest absolute Gasteiger partial charge is 0.300 e. The van der Waals surface area contributed by atoms with E-state index in [1.54, 1.807) is 0 Å². The molecular weight excluding hydrogens is 331 g/mol. The van der Waals surface area contributed by atoms with Crippen LogP contribution in [0, 0.1) is 11.8 Å². The first-order valence-corrected chi connectivity index (χ1v) is 8.39. The third kappa shape index (κ3) is 2.75. The van der Waals surface area contributed by atoms with Crippen LogP contribution in [0.3, 0.4) is 0 Å². The van der Waals surface area contributed by atoms with Gasteiger partial charge in [-0.25, -0.2) is 0 Å². The molecule has 132 valence electrons. The molecule has 25 heavy (non-hydrogen) atoms. The van der Waals surface area contributed by atoms with Crippen LogP contribution in [0.15, 0.2) is 24.5 Å². The van der Waals surface area contributed by atoms with Gasteiger partial charge in [0.25, 0.3) is 0 Å². The molecule has 2 heterocycles. The zero-order chi connectivity index (χ0) is 17.9. The topological polar surface area (TPSA) is 47.8 Å². The molecule has 0 aromatic carbocycles. The Balaban J connectivity index is 1.70. The number of carbonyl (C=O) groups is 1. The lowest BCUT2D eigenvalue weighted by atomic mass is 10.1. The number of Topliss-reactive ketones (excluding diaryl/α,β-unsaturated/α-hetero) is 1. The average Bonchev–Trinajstić information content (AvgIpc) is 2.90. The van der Waals surface area contributed by atoms with Crippen molar-refractivity contribution < 1.29 is 18.0 Å². The molecule has 4 rings (SSSR count). The van der Waals surface area contributed by atoms with E-state index in [4.69, 9.17) is 0 Å². The highest BCUT2D eigenvalue weighted by Crippen LogP contribution is 2.62. The quantitative estimate of drug-likeness (QED) is 0.833. The fraction of sp³-hybridized carbons (Fsp3) is 0.500. The van der Waals surface area contributed by atoms with E-state index in [-0.39, 0.29) is 6.04 Å². The highest BCUT2D eigenvalue weighted by molar-refractivity contribution is 5.83. The SMILES string of the molecule is CC(C)n1nc(-c2cncc(C(F)(F)F)c2)cc1C1C2CC(=O)CC21. The number of nitrogens with zero attached hydrogens (tertiary/aromatic N) is 3. The zero-order valence-electron chi connectivity index (χ0n) is 13.9. The first kappa shape index (κ1) is 16.3. The lowest BCUT2D eigenvalue weighted by Gasteiger charge is -2.11. The number of hydrogen-bond donors (Lipinski definition) is 0. The van der Waals surface area contributed by atoms with Gasteiger partial charge in [0.15, 0.2) is 0 Å². The second-order valence-corrected chi connectivity index (χ2v) is 7.25. The first-order valence-electron chi connectivity index (χ1n) is 8.39. The highest BCUT2D eigenvalue weighted by Gasteiger charge is 2.57. The molecule has 4 nitrogen and oxygen atoms in total. The van der Waals surface area contributed by atoms with E-state index >= 15 is 0 Å². The molecule has 2 aromatic heterocycles. The number of alkyl halides is 3. The normalized spacial score (nSPS) is 25.5. The molecule has 0 radical (unpaired) electrons. The van der Waals surface area contributed by atoms with Crippen molar-refractivity contribution >= 4 is 5.78 Å². The third-order valence-corrected chi connectivity index (χ3v) is 5.21. The van der Waals surface area contributed by atoms with Gasteiger partial charge in [0.2, 0.25) is 0 Å². The van der Waals surface area contributed by atoms with Crippen molar-refractivity contribution in [1.29, 1.82) is 0 Å². The summed E-state index contributed by atoms with van der Waals surface area (Å²) in [4.78, 5) is 15.2. The summed E-state index contributed by atoms with van der Waals surface area (Å²) in [6.45, 7) is 3.99. The van der Waals surface area contributed by atoms with Crippen LogP contribution < -0.4 is 0 Å². The predicted octanol–water partition coefficient (Wildman–Crippen LogP) is 4.24. The number of fused-ring (bicyclic) bond motifs is 1. The number of halogens is 3. The Morgan fingerprint density at radius 2 is 1.84 bits per heavy atom. The van der Waals surface area contributed by atoms with Gasteiger partial charge in [-0.2, -0.15) is 18.3 Å². The molecule has 0 N–H and O–H groups in total. The van der Waals surface area contributed by atoms with Crippen molar-refractivity contribution in [2.75, 3.05) is 0 Å². The van der Waals surface area contributed by atoms with Crippen molar-refractivity contribution in [3.63, 3.8) is 0 Å². The zero-order valence-corrected chi connectivity index (χ0v) is 13.9. The Kier molecular flexibility index (Phi) is 3.53. The summed E-state index contributed by atoms with van der Waals surface area (Å²) >= 11 is 0. The van der Waals surface area contributed by atoms with Crippen LogP contribution in [0.5, 0.6) is 0 Å². The van der Waals surface area contributed by atoms with Crippen LogP contribution in [0.1, 0.15) is 49.9 Å². The van der Waals surface area contributed by atoms with E-state index in [9.17, 15) is 18.0 Å². The Bertz CT molecular complexity index is 826. The van der Waals surface area contributed by atoms with Gasteiger partial charge < -0.3 is 0 Å². The van der Waals surface area contributed by atoms with Gasteiger partial charge in [-0.05, 0) is 37.8 Å². The molecule has 0 saturated heterocycles. The molecular formula is C18H18F3N3O. The van der Waals surface area contributed by atoms with Gasteiger partial charge in [0.05, 0.1) is 11.3 Å². The lowest BCUT2D eigenvalue weighted by Crippen LogP contribution is -2.09. The molecule has 2 atom stereocenters. The molecule has 0 spiro atoms. The molecule has 2 unspecified atom stereocenters. The molecule has 0 bridgehead atoms. The van der Waals surface area contributed by atoms with Crippen molar-refractivity contribution in [3.05, 3.63) is 35.8 Å². The Labute approximate surface area is 143 Å². The maximum Gasteiger partial charge on any atom is 0.417 e. The van der Waals surface area contributed by atoms with Crippen molar-refractivity contribution in [2.45, 2.75) is 44.8 Å². The van der Waals surface area contributed by atoms with Crippen LogP contribution >= 0.6 is 0 Å². The average molecular weight is 349 g/mol. The molecule has 7 heteroatoms. The Morgan fingerprint density at radius 3 is 2.44 bits per heavy atom. The van der Waals surface area contributed by atoms with E-state index < -0.39 is 11.7 Å². The minimum Gasteiger partial charge on any atom is -0.300 e. The Hall–Kier alpha value is -2.18. The van der Waals surface area contributed by atoms with Crippen LogP contribution in [0.4, 0.5) is 13.2 Å². The van der Waals surface area contributed by atoms with Gasteiger partial charge in [0, 0.05) is 48.5 Å². The Morgan fingerprint density at radius 1 is 1.16 bits per heavy atom. The number of hydrogen-bond acceptors (Lipinski definition) is 3. The maximum atomic E-state index is 12.9. The molecule has 2 fully saturated rings. The fourth-order valence-corrected chi connectivity index (χ4v) is 4.00. The maximum absolute atomic E-state index is 12.9. The summed E-state index contributed by atoms with van der Waals surface area (Å²) < 4.78 is 40.7. The predicted molar refractivity (Wildman–Crippen MR) is 84.8 cm³/mol. The lowest BCUT2D eigenvalue weighted by molar-refractivity contribution is -0.137. The van der Waals surface area contributed by atoms with Crippen LogP contribution in [0.25, 0.3) is 11.3 Å². The van der Waals surface area contributed by atoms with Crippen LogP contribution in [0.2, 0.25) is 0 Å². The standard InChI is InChI=1S/C18H18F3N3O/c1-9(2)24-16(17-13-4-12(25)5-14(13)17)6-15(23-24)10-3-11(8-22-7-10)18(19,20)21/h3,6-9,13-14,17H,4-5H2,1-2H3. The van der Waals surface area contributed by atoms with Gasteiger partial charge in [-0.1, -0.05) is 0 Å². The number of ketones is 1. The third-order valence-electron chi connectivity index (χ3n) is 5.21. The van der Waals surface area contributed by atoms with E-state index in [2.05, 4.69) is 10.1 Å². The largest absolute Gasteiger partial charge is 0.417 e. The van der Waals surface area contributed by atoms with Gasteiger partial charge in [0.1, 0.15) is 5.78 Å². The summed E-state index contributed by atoms with van der Waals surface area (Å²) in [5.41, 5.74) is 1.10. The summed E-state index contributed by atoms with van der Waals surface area (Å²) in [5.74, 6) is 1.34. The van der Waals surface area contributed by atoms with E-state index in [0.29, 0.717) is 47.6 Å². The summed E-state index contributed by atoms with van der Waals surface area (Å²) in [5, 5.41) is 4.54. The molecule has 2 saturated carbocycles.